The molecule has 0 unspecified atom stereocenters. The van der Waals surface area contributed by atoms with Gasteiger partial charge in [0.1, 0.15) is 17.7 Å². The SMILES string of the molecule is CC(=N)N1CCC(Oc2ccc(N(Cc3ccc4ccc(C(=N)N)cc4c3)C(=O)c3cccnc3)cc2)CC1. The zero-order valence-corrected chi connectivity index (χ0v) is 21.9. The van der Waals surface area contributed by atoms with Crippen LogP contribution in [0.2, 0.25) is 0 Å². The van der Waals surface area contributed by atoms with Gasteiger partial charge in [0.05, 0.1) is 17.9 Å². The molecule has 3 aromatic carbocycles. The van der Waals surface area contributed by atoms with Gasteiger partial charge in [-0.2, -0.15) is 0 Å². The number of benzene rings is 3. The molecule has 0 spiro atoms. The molecule has 1 aromatic heterocycles. The Kier molecular flexibility index (Phi) is 7.54. The van der Waals surface area contributed by atoms with Crippen LogP contribution in [-0.2, 0) is 6.54 Å². The van der Waals surface area contributed by atoms with Gasteiger partial charge in [-0.15, -0.1) is 0 Å². The van der Waals surface area contributed by atoms with Crippen molar-refractivity contribution in [2.45, 2.75) is 32.4 Å². The number of pyridine rings is 1. The molecule has 8 heteroatoms. The van der Waals surface area contributed by atoms with E-state index in [-0.39, 0.29) is 17.8 Å². The quantitative estimate of drug-likeness (QED) is 0.228. The van der Waals surface area contributed by atoms with Crippen LogP contribution in [0.5, 0.6) is 5.75 Å². The average molecular weight is 521 g/mol. The van der Waals surface area contributed by atoms with E-state index < -0.39 is 0 Å². The van der Waals surface area contributed by atoms with E-state index in [1.165, 1.54) is 0 Å². The molecule has 198 valence electrons. The number of fused-ring (bicyclic) bond motifs is 1. The molecule has 5 rings (SSSR count). The normalized spacial score (nSPS) is 13.7. The topological polar surface area (TPSA) is 119 Å². The fourth-order valence-corrected chi connectivity index (χ4v) is 4.88. The molecular weight excluding hydrogens is 488 g/mol. The molecule has 1 fully saturated rings. The van der Waals surface area contributed by atoms with Crippen LogP contribution in [0.15, 0.2) is 85.2 Å². The van der Waals surface area contributed by atoms with Crippen LogP contribution in [-0.4, -0.2) is 46.7 Å². The first kappa shape index (κ1) is 25.9. The van der Waals surface area contributed by atoms with E-state index in [1.807, 2.05) is 67.6 Å². The first-order chi connectivity index (χ1) is 18.9. The molecule has 0 bridgehead atoms. The summed E-state index contributed by atoms with van der Waals surface area (Å²) >= 11 is 0. The second-order valence-corrected chi connectivity index (χ2v) is 9.83. The van der Waals surface area contributed by atoms with E-state index in [2.05, 4.69) is 9.88 Å². The number of ether oxygens (including phenoxy) is 1. The first-order valence-corrected chi connectivity index (χ1v) is 13.0. The van der Waals surface area contributed by atoms with E-state index in [1.54, 1.807) is 29.4 Å². The van der Waals surface area contributed by atoms with E-state index in [0.29, 0.717) is 23.5 Å². The summed E-state index contributed by atoms with van der Waals surface area (Å²) in [4.78, 5) is 21.6. The number of anilines is 1. The van der Waals surface area contributed by atoms with Crippen LogP contribution >= 0.6 is 0 Å². The molecular formula is C31H32N6O2. The van der Waals surface area contributed by atoms with Crippen molar-refractivity contribution in [3.63, 3.8) is 0 Å². The summed E-state index contributed by atoms with van der Waals surface area (Å²) in [6.07, 6.45) is 5.08. The minimum absolute atomic E-state index is 0.0217. The minimum atomic E-state index is -0.149. The van der Waals surface area contributed by atoms with Crippen LogP contribution < -0.4 is 15.4 Å². The van der Waals surface area contributed by atoms with E-state index in [4.69, 9.17) is 21.3 Å². The third kappa shape index (κ3) is 6.06. The smallest absolute Gasteiger partial charge is 0.260 e. The number of amidine groups is 2. The Labute approximate surface area is 228 Å². The summed E-state index contributed by atoms with van der Waals surface area (Å²) in [6, 6.07) is 22.9. The van der Waals surface area contributed by atoms with Gasteiger partial charge in [0, 0.05) is 49.6 Å². The number of likely N-dealkylation sites (tertiary alicyclic amines) is 1. The fraction of sp³-hybridized carbons (Fsp3) is 0.226. The lowest BCUT2D eigenvalue weighted by molar-refractivity contribution is 0.0984. The maximum absolute atomic E-state index is 13.6. The van der Waals surface area contributed by atoms with Gasteiger partial charge < -0.3 is 20.3 Å². The van der Waals surface area contributed by atoms with Gasteiger partial charge in [-0.3, -0.25) is 20.6 Å². The van der Waals surface area contributed by atoms with Gasteiger partial charge in [-0.1, -0.05) is 24.3 Å². The molecule has 0 saturated carbocycles. The number of rotatable bonds is 7. The van der Waals surface area contributed by atoms with Gasteiger partial charge in [-0.25, -0.2) is 0 Å². The van der Waals surface area contributed by atoms with Crippen molar-refractivity contribution in [2.24, 2.45) is 5.73 Å². The van der Waals surface area contributed by atoms with Crippen molar-refractivity contribution in [1.29, 1.82) is 10.8 Å². The van der Waals surface area contributed by atoms with Crippen molar-refractivity contribution >= 4 is 34.0 Å². The lowest BCUT2D eigenvalue weighted by Gasteiger charge is -2.33. The maximum Gasteiger partial charge on any atom is 0.260 e. The summed E-state index contributed by atoms with van der Waals surface area (Å²) in [5.74, 6) is 1.24. The second kappa shape index (κ2) is 11.3. The zero-order valence-electron chi connectivity index (χ0n) is 21.9. The number of nitrogens with two attached hydrogens (primary N) is 1. The van der Waals surface area contributed by atoms with Crippen LogP contribution in [0, 0.1) is 10.8 Å². The predicted octanol–water partition coefficient (Wildman–Crippen LogP) is 5.21. The molecule has 1 amide bonds. The fourth-order valence-electron chi connectivity index (χ4n) is 4.88. The first-order valence-electron chi connectivity index (χ1n) is 13.0. The van der Waals surface area contributed by atoms with Gasteiger partial charge >= 0.3 is 0 Å². The number of hydrogen-bond acceptors (Lipinski definition) is 5. The van der Waals surface area contributed by atoms with E-state index in [0.717, 1.165) is 53.7 Å². The molecule has 1 aliphatic heterocycles. The summed E-state index contributed by atoms with van der Waals surface area (Å²) in [7, 11) is 0. The highest BCUT2D eigenvalue weighted by Crippen LogP contribution is 2.27. The number of nitrogens with zero attached hydrogens (tertiary/aromatic N) is 3. The van der Waals surface area contributed by atoms with Gasteiger partial charge in [0.2, 0.25) is 0 Å². The molecule has 4 N–H and O–H groups in total. The van der Waals surface area contributed by atoms with Gasteiger partial charge in [0.25, 0.3) is 5.91 Å². The second-order valence-electron chi connectivity index (χ2n) is 9.83. The van der Waals surface area contributed by atoms with E-state index in [9.17, 15) is 4.79 Å². The lowest BCUT2D eigenvalue weighted by Crippen LogP contribution is -2.40. The molecule has 8 nitrogen and oxygen atoms in total. The highest BCUT2D eigenvalue weighted by Gasteiger charge is 2.22. The molecule has 0 atom stereocenters. The monoisotopic (exact) mass is 520 g/mol. The molecule has 1 saturated heterocycles. The van der Waals surface area contributed by atoms with Crippen LogP contribution in [0.3, 0.4) is 0 Å². The Hall–Kier alpha value is -4.72. The van der Waals surface area contributed by atoms with Gasteiger partial charge in [0.15, 0.2) is 0 Å². The highest BCUT2D eigenvalue weighted by molar-refractivity contribution is 6.06. The molecule has 1 aliphatic rings. The number of amides is 1. The maximum atomic E-state index is 13.6. The van der Waals surface area contributed by atoms with Crippen LogP contribution in [0.25, 0.3) is 10.8 Å². The van der Waals surface area contributed by atoms with Crippen molar-refractivity contribution < 1.29 is 9.53 Å². The number of piperidine rings is 1. The average Bonchev–Trinajstić information content (AvgIpc) is 2.96. The Morgan fingerprint density at radius 1 is 1.00 bits per heavy atom. The zero-order chi connectivity index (χ0) is 27.4. The standard InChI is InChI=1S/C31H32N6O2/c1-21(32)36-15-12-29(13-16-36)39-28-10-8-27(9-11-28)37(31(38)25-3-2-14-35-19-25)20-22-4-5-23-6-7-24(30(33)34)18-26(23)17-22/h2-11,14,17-19,29,32H,12-13,15-16,20H2,1H3,(H3,33,34). The number of nitrogens with one attached hydrogen (secondary N) is 2. The van der Waals surface area contributed by atoms with Crippen molar-refractivity contribution in [3.8, 4) is 5.75 Å². The van der Waals surface area contributed by atoms with E-state index >= 15 is 0 Å². The van der Waals surface area contributed by atoms with Crippen LogP contribution in [0.1, 0.15) is 41.3 Å². The van der Waals surface area contributed by atoms with Crippen LogP contribution in [0.4, 0.5) is 5.69 Å². The predicted molar refractivity (Wildman–Crippen MR) is 155 cm³/mol. The third-order valence-electron chi connectivity index (χ3n) is 7.08. The Morgan fingerprint density at radius 2 is 1.74 bits per heavy atom. The number of carbonyl (C=O) groups is 1. The van der Waals surface area contributed by atoms with Gasteiger partial charge in [-0.05, 0) is 71.8 Å². The number of nitrogen functional groups attached to an aromatic ring is 1. The number of carbonyl (C=O) groups excluding carboxylic acids is 1. The molecule has 0 aliphatic carbocycles. The Bertz CT molecular complexity index is 1500. The van der Waals surface area contributed by atoms with Crippen molar-refractivity contribution in [2.75, 3.05) is 18.0 Å². The number of hydrogen-bond donors (Lipinski definition) is 3. The summed E-state index contributed by atoms with van der Waals surface area (Å²) in [6.45, 7) is 3.83. The molecule has 2 heterocycles. The largest absolute Gasteiger partial charge is 0.490 e. The third-order valence-corrected chi connectivity index (χ3v) is 7.08. The Morgan fingerprint density at radius 3 is 2.41 bits per heavy atom. The van der Waals surface area contributed by atoms with Crippen molar-refractivity contribution in [1.82, 2.24) is 9.88 Å². The molecule has 4 aromatic rings. The molecule has 0 radical (unpaired) electrons. The van der Waals surface area contributed by atoms with Crippen molar-refractivity contribution in [3.05, 3.63) is 102 Å². The summed E-state index contributed by atoms with van der Waals surface area (Å²) < 4.78 is 6.22. The lowest BCUT2D eigenvalue weighted by atomic mass is 10.0. The highest BCUT2D eigenvalue weighted by atomic mass is 16.5. The minimum Gasteiger partial charge on any atom is -0.490 e. The molecule has 39 heavy (non-hydrogen) atoms. The summed E-state index contributed by atoms with van der Waals surface area (Å²) in [5.41, 5.74) is 8.57. The number of aromatic nitrogens is 1. The Balaban J connectivity index is 1.38. The summed E-state index contributed by atoms with van der Waals surface area (Å²) in [5, 5.41) is 17.6.